The number of hydrogen-bond donors (Lipinski definition) is 2. The minimum atomic E-state index is -3.53. The molecular weight excluding hydrogens is 444 g/mol. The Hall–Kier alpha value is -2.46. The number of amides is 4. The molecule has 2 saturated heterocycles. The van der Waals surface area contributed by atoms with Gasteiger partial charge in [-0.2, -0.15) is 4.31 Å². The van der Waals surface area contributed by atoms with Crippen molar-refractivity contribution in [3.63, 3.8) is 0 Å². The first-order valence-electron chi connectivity index (χ1n) is 11.8. The number of carbonyl (C=O) groups is 3. The number of anilines is 1. The summed E-state index contributed by atoms with van der Waals surface area (Å²) in [5.41, 5.74) is -0.223. The van der Waals surface area contributed by atoms with Gasteiger partial charge in [-0.1, -0.05) is 19.8 Å². The highest BCUT2D eigenvalue weighted by Crippen LogP contribution is 2.35. The highest BCUT2D eigenvalue weighted by Gasteiger charge is 2.52. The van der Waals surface area contributed by atoms with E-state index >= 15 is 0 Å². The molecule has 1 saturated carbocycles. The molecule has 0 radical (unpaired) electrons. The predicted molar refractivity (Wildman–Crippen MR) is 123 cm³/mol. The summed E-state index contributed by atoms with van der Waals surface area (Å²) in [4.78, 5) is 38.6. The van der Waals surface area contributed by atoms with Crippen LogP contribution in [-0.2, 0) is 19.6 Å². The molecule has 1 spiro atoms. The fraction of sp³-hybridized carbons (Fsp3) is 0.609. The third kappa shape index (κ3) is 4.91. The second-order valence-electron chi connectivity index (χ2n) is 9.44. The molecule has 0 atom stereocenters. The first kappa shape index (κ1) is 23.7. The van der Waals surface area contributed by atoms with Gasteiger partial charge in [-0.05, 0) is 62.3 Å². The molecule has 0 unspecified atom stereocenters. The molecule has 3 fully saturated rings. The zero-order valence-electron chi connectivity index (χ0n) is 19.0. The molecule has 2 N–H and O–H groups in total. The third-order valence-corrected chi connectivity index (χ3v) is 8.92. The maximum atomic E-state index is 12.8. The second-order valence-corrected chi connectivity index (χ2v) is 11.4. The molecule has 33 heavy (non-hydrogen) atoms. The van der Waals surface area contributed by atoms with Crippen molar-refractivity contribution in [2.24, 2.45) is 5.92 Å². The number of nitrogens with one attached hydrogen (secondary N) is 2. The van der Waals surface area contributed by atoms with Crippen molar-refractivity contribution in [1.29, 1.82) is 0 Å². The van der Waals surface area contributed by atoms with Crippen molar-refractivity contribution in [1.82, 2.24) is 14.5 Å². The van der Waals surface area contributed by atoms with Crippen LogP contribution in [0.3, 0.4) is 0 Å². The third-order valence-electron chi connectivity index (χ3n) is 7.01. The zero-order valence-corrected chi connectivity index (χ0v) is 19.8. The number of rotatable bonds is 7. The number of carbonyl (C=O) groups excluding carboxylic acids is 3. The van der Waals surface area contributed by atoms with Gasteiger partial charge in [0.1, 0.15) is 5.54 Å². The van der Waals surface area contributed by atoms with Crippen LogP contribution in [0.4, 0.5) is 10.5 Å². The molecule has 4 amide bonds. The molecule has 4 rings (SSSR count). The quantitative estimate of drug-likeness (QED) is 0.587. The Balaban J connectivity index is 1.26. The summed E-state index contributed by atoms with van der Waals surface area (Å²) in [5, 5.41) is 5.59. The van der Waals surface area contributed by atoms with Gasteiger partial charge in [-0.25, -0.2) is 13.2 Å². The summed E-state index contributed by atoms with van der Waals surface area (Å²) in [6.07, 6.45) is 5.45. The van der Waals surface area contributed by atoms with Crippen molar-refractivity contribution >= 4 is 33.6 Å². The predicted octanol–water partition coefficient (Wildman–Crippen LogP) is 2.69. The van der Waals surface area contributed by atoms with E-state index in [1.807, 2.05) is 0 Å². The lowest BCUT2D eigenvalue weighted by atomic mass is 9.98. The van der Waals surface area contributed by atoms with E-state index < -0.39 is 15.6 Å². The molecule has 2 aliphatic heterocycles. The molecule has 1 aliphatic carbocycles. The summed E-state index contributed by atoms with van der Waals surface area (Å²) in [5.74, 6) is 0.111. The molecule has 3 aliphatic rings. The van der Waals surface area contributed by atoms with Crippen LogP contribution in [0, 0.1) is 5.92 Å². The molecule has 1 aromatic carbocycles. The minimum Gasteiger partial charge on any atom is -0.326 e. The SMILES string of the molecule is CC1CCN(S(=O)(=O)c2ccc(NC(=O)CCCN3C(=O)NC4(CCCC4)C3=O)cc2)CC1. The monoisotopic (exact) mass is 476 g/mol. The summed E-state index contributed by atoms with van der Waals surface area (Å²) < 4.78 is 27.1. The van der Waals surface area contributed by atoms with Crippen molar-refractivity contribution in [3.8, 4) is 0 Å². The number of urea groups is 1. The molecule has 0 aromatic heterocycles. The van der Waals surface area contributed by atoms with Gasteiger partial charge in [0.25, 0.3) is 5.91 Å². The van der Waals surface area contributed by atoms with Crippen LogP contribution in [0.2, 0.25) is 0 Å². The van der Waals surface area contributed by atoms with Crippen LogP contribution in [0.5, 0.6) is 0 Å². The second kappa shape index (κ2) is 9.42. The van der Waals surface area contributed by atoms with E-state index in [1.165, 1.54) is 21.3 Å². The highest BCUT2D eigenvalue weighted by atomic mass is 32.2. The van der Waals surface area contributed by atoms with Crippen molar-refractivity contribution in [2.75, 3.05) is 25.0 Å². The van der Waals surface area contributed by atoms with Gasteiger partial charge in [0.2, 0.25) is 15.9 Å². The standard InChI is InChI=1S/C23H32N4O5S/c1-17-10-15-26(16-11-17)33(31,32)19-8-6-18(7-9-19)24-20(28)5-4-14-27-21(29)23(25-22(27)30)12-2-3-13-23/h6-9,17H,2-5,10-16H2,1H3,(H,24,28)(H,25,30). The number of piperidine rings is 1. The molecule has 1 aromatic rings. The topological polar surface area (TPSA) is 116 Å². The van der Waals surface area contributed by atoms with E-state index in [-0.39, 0.29) is 35.7 Å². The van der Waals surface area contributed by atoms with Crippen LogP contribution in [-0.4, -0.2) is 60.6 Å². The summed E-state index contributed by atoms with van der Waals surface area (Å²) in [6, 6.07) is 5.81. The van der Waals surface area contributed by atoms with Gasteiger partial charge in [-0.15, -0.1) is 0 Å². The van der Waals surface area contributed by atoms with Gasteiger partial charge in [0, 0.05) is 31.7 Å². The van der Waals surface area contributed by atoms with Crippen LogP contribution in [0.15, 0.2) is 29.2 Å². The Labute approximate surface area is 194 Å². The van der Waals surface area contributed by atoms with E-state index in [0.717, 1.165) is 25.7 Å². The highest BCUT2D eigenvalue weighted by molar-refractivity contribution is 7.89. The number of hydrogen-bond acceptors (Lipinski definition) is 5. The van der Waals surface area contributed by atoms with Crippen molar-refractivity contribution in [3.05, 3.63) is 24.3 Å². The summed E-state index contributed by atoms with van der Waals surface area (Å²) >= 11 is 0. The number of nitrogens with zero attached hydrogens (tertiary/aromatic N) is 2. The molecular formula is C23H32N4O5S. The van der Waals surface area contributed by atoms with Gasteiger partial charge in [0.05, 0.1) is 4.90 Å². The number of benzene rings is 1. The lowest BCUT2D eigenvalue weighted by Crippen LogP contribution is -2.44. The average Bonchev–Trinajstić information content (AvgIpc) is 3.34. The van der Waals surface area contributed by atoms with Crippen LogP contribution >= 0.6 is 0 Å². The van der Waals surface area contributed by atoms with Gasteiger partial charge < -0.3 is 10.6 Å². The Morgan fingerprint density at radius 3 is 2.39 bits per heavy atom. The maximum absolute atomic E-state index is 12.8. The number of imide groups is 1. The molecule has 2 heterocycles. The largest absolute Gasteiger partial charge is 0.326 e. The van der Waals surface area contributed by atoms with Crippen LogP contribution in [0.1, 0.15) is 58.3 Å². The van der Waals surface area contributed by atoms with E-state index in [0.29, 0.717) is 44.0 Å². The summed E-state index contributed by atoms with van der Waals surface area (Å²) in [6.45, 7) is 3.39. The Bertz CT molecular complexity index is 1010. The van der Waals surface area contributed by atoms with Gasteiger partial charge >= 0.3 is 6.03 Å². The smallest absolute Gasteiger partial charge is 0.325 e. The Morgan fingerprint density at radius 1 is 1.12 bits per heavy atom. The van der Waals surface area contributed by atoms with Gasteiger partial charge in [0.15, 0.2) is 0 Å². The first-order valence-corrected chi connectivity index (χ1v) is 13.2. The molecule has 0 bridgehead atoms. The van der Waals surface area contributed by atoms with E-state index in [2.05, 4.69) is 17.6 Å². The lowest BCUT2D eigenvalue weighted by Gasteiger charge is -2.29. The van der Waals surface area contributed by atoms with E-state index in [1.54, 1.807) is 12.1 Å². The molecule has 9 nitrogen and oxygen atoms in total. The molecule has 10 heteroatoms. The normalized spacial score (nSPS) is 21.5. The van der Waals surface area contributed by atoms with Crippen molar-refractivity contribution in [2.45, 2.75) is 68.7 Å². The van der Waals surface area contributed by atoms with E-state index in [9.17, 15) is 22.8 Å². The Morgan fingerprint density at radius 2 is 1.76 bits per heavy atom. The van der Waals surface area contributed by atoms with Gasteiger partial charge in [-0.3, -0.25) is 14.5 Å². The Kier molecular flexibility index (Phi) is 6.76. The van der Waals surface area contributed by atoms with Crippen LogP contribution < -0.4 is 10.6 Å². The lowest BCUT2D eigenvalue weighted by molar-refractivity contribution is -0.131. The summed E-state index contributed by atoms with van der Waals surface area (Å²) in [7, 11) is -3.53. The van der Waals surface area contributed by atoms with E-state index in [4.69, 9.17) is 0 Å². The minimum absolute atomic E-state index is 0.149. The van der Waals surface area contributed by atoms with Crippen LogP contribution in [0.25, 0.3) is 0 Å². The first-order chi connectivity index (χ1) is 15.7. The maximum Gasteiger partial charge on any atom is 0.325 e. The fourth-order valence-corrected chi connectivity index (χ4v) is 6.37. The number of sulfonamides is 1. The molecule has 180 valence electrons. The fourth-order valence-electron chi connectivity index (χ4n) is 4.90. The average molecular weight is 477 g/mol. The van der Waals surface area contributed by atoms with Crippen molar-refractivity contribution < 1.29 is 22.8 Å². The zero-order chi connectivity index (χ0) is 23.6.